The molecule has 0 heterocycles. The Morgan fingerprint density at radius 1 is 1.15 bits per heavy atom. The lowest BCUT2D eigenvalue weighted by molar-refractivity contribution is -0.274. The molecule has 0 aliphatic carbocycles. The van der Waals surface area contributed by atoms with Crippen LogP contribution in [0.5, 0.6) is 5.75 Å². The van der Waals surface area contributed by atoms with Crippen LogP contribution in [0.4, 0.5) is 18.0 Å². The fourth-order valence-electron chi connectivity index (χ4n) is 1.60. The molecule has 3 amide bonds. The summed E-state index contributed by atoms with van der Waals surface area (Å²) < 4.78 is 49.2. The fourth-order valence-corrected chi connectivity index (χ4v) is 1.60. The summed E-state index contributed by atoms with van der Waals surface area (Å²) in [6, 6.07) is 3.98. The third-order valence-electron chi connectivity index (χ3n) is 2.72. The molecule has 11 heteroatoms. The molecule has 1 aromatic carbocycles. The Labute approximate surface area is 152 Å². The van der Waals surface area contributed by atoms with Gasteiger partial charge in [-0.1, -0.05) is 12.1 Å². The van der Waals surface area contributed by atoms with Crippen molar-refractivity contribution in [3.05, 3.63) is 35.9 Å². The third-order valence-corrected chi connectivity index (χ3v) is 2.72. The number of alkyl halides is 3. The minimum absolute atomic E-state index is 0.199. The van der Waals surface area contributed by atoms with Crippen molar-refractivity contribution in [3.8, 4) is 5.75 Å². The largest absolute Gasteiger partial charge is 0.573 e. The summed E-state index contributed by atoms with van der Waals surface area (Å²) >= 11 is 0. The predicted octanol–water partition coefficient (Wildman–Crippen LogP) is 1.61. The highest BCUT2D eigenvalue weighted by Gasteiger charge is 2.30. The number of hydrogen-bond acceptors (Lipinski definition) is 6. The molecule has 1 aromatic rings. The zero-order chi connectivity index (χ0) is 20.3. The number of hydrogen-bond donors (Lipinski definition) is 2. The molecule has 0 bridgehead atoms. The van der Waals surface area contributed by atoms with Crippen LogP contribution in [0.3, 0.4) is 0 Å². The molecular formula is C16H17F3N2O6. The van der Waals surface area contributed by atoms with Crippen LogP contribution in [0, 0.1) is 0 Å². The molecule has 0 aliphatic heterocycles. The maximum absolute atomic E-state index is 12.0. The second-order valence-electron chi connectivity index (χ2n) is 4.85. The quantitative estimate of drug-likeness (QED) is 0.397. The molecule has 0 saturated heterocycles. The number of ether oxygens (including phenoxy) is 3. The molecule has 0 saturated carbocycles. The van der Waals surface area contributed by atoms with Gasteiger partial charge >= 0.3 is 18.4 Å². The molecule has 0 atom stereocenters. The van der Waals surface area contributed by atoms with Crippen molar-refractivity contribution in [2.45, 2.75) is 6.36 Å². The Hall–Kier alpha value is -3.08. The van der Waals surface area contributed by atoms with Crippen LogP contribution in [-0.2, 0) is 19.1 Å². The SMILES string of the molecule is COCCNC(=O)NC(=O)COC(=O)/C=C/c1ccc(OC(F)(F)F)cc1. The van der Waals surface area contributed by atoms with Crippen molar-refractivity contribution in [1.29, 1.82) is 0 Å². The molecule has 0 aliphatic rings. The van der Waals surface area contributed by atoms with Crippen molar-refractivity contribution in [1.82, 2.24) is 10.6 Å². The van der Waals surface area contributed by atoms with Crippen molar-refractivity contribution in [2.75, 3.05) is 26.9 Å². The highest BCUT2D eigenvalue weighted by Crippen LogP contribution is 2.22. The third kappa shape index (κ3) is 10.5. The van der Waals surface area contributed by atoms with E-state index in [0.717, 1.165) is 18.2 Å². The van der Waals surface area contributed by atoms with Gasteiger partial charge in [-0.3, -0.25) is 10.1 Å². The van der Waals surface area contributed by atoms with Crippen LogP contribution in [0.1, 0.15) is 5.56 Å². The fraction of sp³-hybridized carbons (Fsp3) is 0.312. The van der Waals surface area contributed by atoms with Crippen LogP contribution in [0.25, 0.3) is 6.08 Å². The van der Waals surface area contributed by atoms with E-state index < -0.39 is 36.6 Å². The molecule has 0 radical (unpaired) electrons. The number of carbonyl (C=O) groups excluding carboxylic acids is 3. The molecule has 1 rings (SSSR count). The lowest BCUT2D eigenvalue weighted by atomic mass is 10.2. The van der Waals surface area contributed by atoms with Crippen LogP contribution >= 0.6 is 0 Å². The van der Waals surface area contributed by atoms with E-state index in [0.29, 0.717) is 5.56 Å². The zero-order valence-corrected chi connectivity index (χ0v) is 14.2. The Bertz CT molecular complexity index is 674. The second kappa shape index (κ2) is 10.8. The lowest BCUT2D eigenvalue weighted by Gasteiger charge is -2.08. The zero-order valence-electron chi connectivity index (χ0n) is 14.2. The summed E-state index contributed by atoms with van der Waals surface area (Å²) in [4.78, 5) is 34.2. The highest BCUT2D eigenvalue weighted by molar-refractivity contribution is 5.96. The molecule has 0 fully saturated rings. The van der Waals surface area contributed by atoms with Gasteiger partial charge in [0.2, 0.25) is 0 Å². The number of benzene rings is 1. The van der Waals surface area contributed by atoms with Gasteiger partial charge < -0.3 is 19.5 Å². The number of amides is 3. The molecule has 0 aromatic heterocycles. The first-order chi connectivity index (χ1) is 12.7. The van der Waals surface area contributed by atoms with Gasteiger partial charge in [-0.05, 0) is 23.8 Å². The van der Waals surface area contributed by atoms with Crippen LogP contribution in [0.2, 0.25) is 0 Å². The Kier molecular flexibility index (Phi) is 8.79. The topological polar surface area (TPSA) is 103 Å². The number of nitrogens with one attached hydrogen (secondary N) is 2. The molecule has 0 spiro atoms. The number of esters is 1. The number of urea groups is 1. The van der Waals surface area contributed by atoms with Gasteiger partial charge in [0.15, 0.2) is 6.61 Å². The van der Waals surface area contributed by atoms with Crippen molar-refractivity contribution in [3.63, 3.8) is 0 Å². The van der Waals surface area contributed by atoms with Crippen LogP contribution in [0.15, 0.2) is 30.3 Å². The monoisotopic (exact) mass is 390 g/mol. The minimum Gasteiger partial charge on any atom is -0.452 e. The highest BCUT2D eigenvalue weighted by atomic mass is 19.4. The van der Waals surface area contributed by atoms with Crippen molar-refractivity contribution < 1.29 is 41.8 Å². The summed E-state index contributed by atoms with van der Waals surface area (Å²) in [5, 5.41) is 4.28. The van der Waals surface area contributed by atoms with Gasteiger partial charge in [0.05, 0.1) is 6.61 Å². The Morgan fingerprint density at radius 3 is 2.41 bits per heavy atom. The molecular weight excluding hydrogens is 373 g/mol. The lowest BCUT2D eigenvalue weighted by Crippen LogP contribution is -2.42. The summed E-state index contributed by atoms with van der Waals surface area (Å²) in [5.41, 5.74) is 0.406. The summed E-state index contributed by atoms with van der Waals surface area (Å²) in [6.07, 6.45) is -2.54. The molecule has 2 N–H and O–H groups in total. The van der Waals surface area contributed by atoms with Gasteiger partial charge in [-0.15, -0.1) is 13.2 Å². The predicted molar refractivity (Wildman–Crippen MR) is 86.5 cm³/mol. The number of halogens is 3. The van der Waals surface area contributed by atoms with Gasteiger partial charge in [0, 0.05) is 19.7 Å². The smallest absolute Gasteiger partial charge is 0.452 e. The molecule has 148 valence electrons. The maximum atomic E-state index is 12.0. The summed E-state index contributed by atoms with van der Waals surface area (Å²) in [7, 11) is 1.45. The molecule has 0 unspecified atom stereocenters. The molecule has 27 heavy (non-hydrogen) atoms. The van der Waals surface area contributed by atoms with Crippen LogP contribution in [-0.4, -0.2) is 51.1 Å². The maximum Gasteiger partial charge on any atom is 0.573 e. The van der Waals surface area contributed by atoms with E-state index in [1.165, 1.54) is 25.3 Å². The number of carbonyl (C=O) groups is 3. The number of imide groups is 1. The van der Waals surface area contributed by atoms with Gasteiger partial charge in [0.1, 0.15) is 5.75 Å². The second-order valence-corrected chi connectivity index (χ2v) is 4.85. The van der Waals surface area contributed by atoms with Crippen molar-refractivity contribution in [2.24, 2.45) is 0 Å². The Morgan fingerprint density at radius 2 is 1.81 bits per heavy atom. The first kappa shape index (κ1) is 22.0. The summed E-state index contributed by atoms with van der Waals surface area (Å²) in [6.45, 7) is -0.213. The van der Waals surface area contributed by atoms with Crippen LogP contribution < -0.4 is 15.4 Å². The van der Waals surface area contributed by atoms with E-state index in [2.05, 4.69) is 14.8 Å². The normalized spacial score (nSPS) is 11.1. The van der Waals surface area contributed by atoms with E-state index >= 15 is 0 Å². The van der Waals surface area contributed by atoms with E-state index in [1.54, 1.807) is 0 Å². The van der Waals surface area contributed by atoms with E-state index in [4.69, 9.17) is 4.74 Å². The Balaban J connectivity index is 2.37. The number of rotatable bonds is 8. The first-order valence-corrected chi connectivity index (χ1v) is 7.47. The van der Waals surface area contributed by atoms with E-state index in [9.17, 15) is 27.6 Å². The summed E-state index contributed by atoms with van der Waals surface area (Å²) in [5.74, 6) is -2.11. The standard InChI is InChI=1S/C16H17F3N2O6/c1-25-9-8-20-15(24)21-13(22)10-26-14(23)7-4-11-2-5-12(6-3-11)27-16(17,18)19/h2-7H,8-10H2,1H3,(H2,20,21,22,24)/b7-4+. The number of methoxy groups -OCH3 is 1. The van der Waals surface area contributed by atoms with Gasteiger partial charge in [0.25, 0.3) is 5.91 Å². The average Bonchev–Trinajstić information content (AvgIpc) is 2.58. The van der Waals surface area contributed by atoms with E-state index in [-0.39, 0.29) is 13.2 Å². The van der Waals surface area contributed by atoms with Gasteiger partial charge in [-0.25, -0.2) is 9.59 Å². The van der Waals surface area contributed by atoms with Crippen molar-refractivity contribution >= 4 is 24.0 Å². The first-order valence-electron chi connectivity index (χ1n) is 7.47. The minimum atomic E-state index is -4.79. The van der Waals surface area contributed by atoms with Gasteiger partial charge in [-0.2, -0.15) is 0 Å². The molecule has 8 nitrogen and oxygen atoms in total. The average molecular weight is 390 g/mol. The van der Waals surface area contributed by atoms with E-state index in [1.807, 2.05) is 5.32 Å².